The largest absolute Gasteiger partial charge is 0.329 e. The number of nitrogens with zero attached hydrogens (tertiary/aromatic N) is 1. The van der Waals surface area contributed by atoms with E-state index in [0.717, 1.165) is 0 Å². The third-order valence-corrected chi connectivity index (χ3v) is 1.65. The van der Waals surface area contributed by atoms with E-state index < -0.39 is 18.9 Å². The van der Waals surface area contributed by atoms with Crippen molar-refractivity contribution in [2.24, 2.45) is 5.73 Å². The fraction of sp³-hybridized carbons (Fsp3) is 1.00. The van der Waals surface area contributed by atoms with Crippen LogP contribution in [0.1, 0.15) is 6.92 Å². The Morgan fingerprint density at radius 3 is 2.23 bits per heavy atom. The minimum atomic E-state index is -3.94. The fourth-order valence-corrected chi connectivity index (χ4v) is 0.899. The lowest BCUT2D eigenvalue weighted by atomic mass is 10.3. The number of likely N-dealkylation sites (N-methyl/N-ethyl adjacent to an activating group) is 1. The van der Waals surface area contributed by atoms with Gasteiger partial charge in [-0.3, -0.25) is 4.90 Å². The molecule has 0 aromatic carbocycles. The van der Waals surface area contributed by atoms with E-state index in [1.165, 1.54) is 4.90 Å². The highest BCUT2D eigenvalue weighted by atomic mass is 19.3. The van der Waals surface area contributed by atoms with Crippen LogP contribution in [0.25, 0.3) is 0 Å². The van der Waals surface area contributed by atoms with Crippen LogP contribution < -0.4 is 5.73 Å². The van der Waals surface area contributed by atoms with Gasteiger partial charge in [-0.15, -0.1) is 0 Å². The standard InChI is InChI=1S/C7H14F4N2/c1-2-13(4-3-12)5-7(10,11)6(8)9/h6H,2-5,12H2,1H3. The molecule has 0 rings (SSSR count). The van der Waals surface area contributed by atoms with Crippen LogP contribution in [0.3, 0.4) is 0 Å². The highest BCUT2D eigenvalue weighted by Crippen LogP contribution is 2.23. The van der Waals surface area contributed by atoms with Crippen molar-refractivity contribution >= 4 is 0 Å². The molecule has 0 bridgehead atoms. The van der Waals surface area contributed by atoms with E-state index in [1.807, 2.05) is 0 Å². The topological polar surface area (TPSA) is 29.3 Å². The Labute approximate surface area is 74.7 Å². The number of hydrogen-bond acceptors (Lipinski definition) is 2. The molecule has 0 amide bonds. The SMILES string of the molecule is CCN(CCN)CC(F)(F)C(F)F. The van der Waals surface area contributed by atoms with Crippen LogP contribution in [-0.4, -0.2) is 43.4 Å². The van der Waals surface area contributed by atoms with Gasteiger partial charge in [-0.1, -0.05) is 6.92 Å². The van der Waals surface area contributed by atoms with Gasteiger partial charge in [0.25, 0.3) is 0 Å². The Balaban J connectivity index is 4.05. The number of alkyl halides is 4. The zero-order chi connectivity index (χ0) is 10.5. The summed E-state index contributed by atoms with van der Waals surface area (Å²) in [6, 6.07) is 0. The smallest absolute Gasteiger partial charge is 0.319 e. The van der Waals surface area contributed by atoms with E-state index in [1.54, 1.807) is 6.92 Å². The molecule has 0 unspecified atom stereocenters. The second-order valence-electron chi connectivity index (χ2n) is 2.72. The summed E-state index contributed by atoms with van der Waals surface area (Å²) in [7, 11) is 0. The Kier molecular flexibility index (Phi) is 5.24. The zero-order valence-corrected chi connectivity index (χ0v) is 7.44. The van der Waals surface area contributed by atoms with Gasteiger partial charge in [0.1, 0.15) is 0 Å². The van der Waals surface area contributed by atoms with Gasteiger partial charge in [-0.25, -0.2) is 8.78 Å². The first kappa shape index (κ1) is 12.6. The second-order valence-corrected chi connectivity index (χ2v) is 2.72. The van der Waals surface area contributed by atoms with Crippen LogP contribution in [0.4, 0.5) is 17.6 Å². The second kappa shape index (κ2) is 5.39. The molecule has 2 N–H and O–H groups in total. The summed E-state index contributed by atoms with van der Waals surface area (Å²) >= 11 is 0. The molecule has 0 aliphatic carbocycles. The van der Waals surface area contributed by atoms with Crippen molar-refractivity contribution in [1.29, 1.82) is 0 Å². The maximum absolute atomic E-state index is 12.5. The lowest BCUT2D eigenvalue weighted by Gasteiger charge is -2.24. The average molecular weight is 202 g/mol. The molecule has 0 fully saturated rings. The van der Waals surface area contributed by atoms with E-state index >= 15 is 0 Å². The molecule has 0 heterocycles. The number of rotatable bonds is 6. The Bertz CT molecular complexity index is 140. The van der Waals surface area contributed by atoms with Gasteiger partial charge in [0, 0.05) is 13.1 Å². The van der Waals surface area contributed by atoms with Gasteiger partial charge in [0.15, 0.2) is 0 Å². The van der Waals surface area contributed by atoms with Crippen molar-refractivity contribution < 1.29 is 17.6 Å². The molecule has 13 heavy (non-hydrogen) atoms. The minimum absolute atomic E-state index is 0.188. The van der Waals surface area contributed by atoms with Gasteiger partial charge in [-0.2, -0.15) is 8.78 Å². The number of hydrogen-bond donors (Lipinski definition) is 1. The predicted octanol–water partition coefficient (Wildman–Crippen LogP) is 1.17. The van der Waals surface area contributed by atoms with Crippen molar-refractivity contribution in [3.8, 4) is 0 Å². The molecule has 6 heteroatoms. The molecule has 0 saturated carbocycles. The predicted molar refractivity (Wildman–Crippen MR) is 42.1 cm³/mol. The molecule has 0 aliphatic heterocycles. The maximum atomic E-state index is 12.5. The first-order chi connectivity index (χ1) is 5.94. The van der Waals surface area contributed by atoms with Gasteiger partial charge >= 0.3 is 12.3 Å². The van der Waals surface area contributed by atoms with Crippen molar-refractivity contribution in [1.82, 2.24) is 4.90 Å². The van der Waals surface area contributed by atoms with Crippen LogP contribution in [0, 0.1) is 0 Å². The maximum Gasteiger partial charge on any atom is 0.319 e. The fourth-order valence-electron chi connectivity index (χ4n) is 0.899. The number of nitrogens with two attached hydrogens (primary N) is 1. The highest BCUT2D eigenvalue weighted by Gasteiger charge is 2.41. The quantitative estimate of drug-likeness (QED) is 0.655. The van der Waals surface area contributed by atoms with Crippen molar-refractivity contribution in [3.05, 3.63) is 0 Å². The Morgan fingerprint density at radius 1 is 1.38 bits per heavy atom. The van der Waals surface area contributed by atoms with Crippen LogP contribution >= 0.6 is 0 Å². The monoisotopic (exact) mass is 202 g/mol. The van der Waals surface area contributed by atoms with E-state index in [-0.39, 0.29) is 13.1 Å². The van der Waals surface area contributed by atoms with Gasteiger partial charge in [0.2, 0.25) is 0 Å². The summed E-state index contributed by atoms with van der Waals surface area (Å²) in [4.78, 5) is 1.20. The number of halogens is 4. The van der Waals surface area contributed by atoms with Crippen LogP contribution in [-0.2, 0) is 0 Å². The van der Waals surface area contributed by atoms with E-state index in [2.05, 4.69) is 0 Å². The molecule has 0 aromatic rings. The minimum Gasteiger partial charge on any atom is -0.329 e. The van der Waals surface area contributed by atoms with Crippen LogP contribution in [0.15, 0.2) is 0 Å². The summed E-state index contributed by atoms with van der Waals surface area (Å²) in [5.74, 6) is -3.94. The zero-order valence-electron chi connectivity index (χ0n) is 7.44. The van der Waals surface area contributed by atoms with Gasteiger partial charge in [0.05, 0.1) is 6.54 Å². The Morgan fingerprint density at radius 2 is 1.92 bits per heavy atom. The molecular weight excluding hydrogens is 188 g/mol. The van der Waals surface area contributed by atoms with E-state index in [9.17, 15) is 17.6 Å². The molecule has 0 atom stereocenters. The average Bonchev–Trinajstić information content (AvgIpc) is 2.03. The summed E-state index contributed by atoms with van der Waals surface area (Å²) in [5.41, 5.74) is 5.13. The molecule has 0 spiro atoms. The van der Waals surface area contributed by atoms with E-state index in [0.29, 0.717) is 6.54 Å². The van der Waals surface area contributed by atoms with Gasteiger partial charge in [-0.05, 0) is 6.54 Å². The third-order valence-electron chi connectivity index (χ3n) is 1.65. The molecule has 0 saturated heterocycles. The molecule has 0 radical (unpaired) electrons. The lowest BCUT2D eigenvalue weighted by molar-refractivity contribution is -0.141. The molecule has 0 aliphatic rings. The molecule has 2 nitrogen and oxygen atoms in total. The van der Waals surface area contributed by atoms with Crippen LogP contribution in [0.5, 0.6) is 0 Å². The molecule has 0 aromatic heterocycles. The summed E-state index contributed by atoms with van der Waals surface area (Å²) in [6.07, 6.45) is -3.61. The first-order valence-corrected chi connectivity index (χ1v) is 4.02. The van der Waals surface area contributed by atoms with Crippen molar-refractivity contribution in [2.75, 3.05) is 26.2 Å². The van der Waals surface area contributed by atoms with Crippen molar-refractivity contribution in [3.63, 3.8) is 0 Å². The van der Waals surface area contributed by atoms with Crippen LogP contribution in [0.2, 0.25) is 0 Å². The van der Waals surface area contributed by atoms with Gasteiger partial charge < -0.3 is 5.73 Å². The first-order valence-electron chi connectivity index (χ1n) is 4.02. The van der Waals surface area contributed by atoms with E-state index in [4.69, 9.17) is 5.73 Å². The summed E-state index contributed by atoms with van der Waals surface area (Å²) in [5, 5.41) is 0. The normalized spacial score (nSPS) is 12.9. The molecular formula is C7H14F4N2. The summed E-state index contributed by atoms with van der Waals surface area (Å²) < 4.78 is 48.4. The van der Waals surface area contributed by atoms with Crippen molar-refractivity contribution in [2.45, 2.75) is 19.3 Å². The Hall–Kier alpha value is -0.360. The highest BCUT2D eigenvalue weighted by molar-refractivity contribution is 4.74. The third kappa shape index (κ3) is 4.42. The lowest BCUT2D eigenvalue weighted by Crippen LogP contribution is -2.43. The molecule has 80 valence electrons. The summed E-state index contributed by atoms with van der Waals surface area (Å²) in [6.45, 7) is 1.38.